The number of hydrogen-bond acceptors (Lipinski definition) is 3. The highest BCUT2D eigenvalue weighted by atomic mass is 35.5. The van der Waals surface area contributed by atoms with Crippen molar-refractivity contribution in [2.24, 2.45) is 0 Å². The summed E-state index contributed by atoms with van der Waals surface area (Å²) in [5.74, 6) is -0.701. The van der Waals surface area contributed by atoms with Crippen molar-refractivity contribution < 1.29 is 14.7 Å². The fraction of sp³-hybridized carbons (Fsp3) is 0.429. The Morgan fingerprint density at radius 1 is 1.47 bits per heavy atom. The largest absolute Gasteiger partial charge is 0.375 e. The third-order valence-electron chi connectivity index (χ3n) is 3.25. The van der Waals surface area contributed by atoms with Crippen LogP contribution in [0.2, 0.25) is 5.02 Å². The summed E-state index contributed by atoms with van der Waals surface area (Å²) in [4.78, 5) is 25.2. The second kappa shape index (κ2) is 4.94. The van der Waals surface area contributed by atoms with Crippen LogP contribution in [0.4, 0.5) is 5.69 Å². The molecule has 0 bridgehead atoms. The summed E-state index contributed by atoms with van der Waals surface area (Å²) in [6.45, 7) is 3.76. The third kappa shape index (κ3) is 2.15. The highest BCUT2D eigenvalue weighted by molar-refractivity contribution is 6.35. The Hall–Kier alpha value is -1.39. The van der Waals surface area contributed by atoms with Gasteiger partial charge in [-0.15, -0.1) is 0 Å². The van der Waals surface area contributed by atoms with Crippen molar-refractivity contribution >= 4 is 29.0 Å². The summed E-state index contributed by atoms with van der Waals surface area (Å²) in [6.07, 6.45) is 0.520. The van der Waals surface area contributed by atoms with E-state index in [4.69, 9.17) is 11.6 Å². The van der Waals surface area contributed by atoms with Gasteiger partial charge in [0, 0.05) is 18.5 Å². The lowest BCUT2D eigenvalue weighted by Crippen LogP contribution is -2.41. The molecule has 0 saturated heterocycles. The highest BCUT2D eigenvalue weighted by Crippen LogP contribution is 2.46. The van der Waals surface area contributed by atoms with Crippen molar-refractivity contribution in [1.82, 2.24) is 0 Å². The zero-order valence-electron chi connectivity index (χ0n) is 10.9. The maximum Gasteiger partial charge on any atom is 0.264 e. The van der Waals surface area contributed by atoms with Crippen LogP contribution in [-0.2, 0) is 15.2 Å². The minimum atomic E-state index is -1.78. The molecule has 0 aromatic heterocycles. The number of hydrogen-bond donors (Lipinski definition) is 1. The number of Topliss-reactive ketones (excluding diaryl/α,β-unsaturated/α-hetero) is 1. The molecule has 19 heavy (non-hydrogen) atoms. The summed E-state index contributed by atoms with van der Waals surface area (Å²) in [5, 5.41) is 11.0. The number of carbonyl (C=O) groups is 2. The zero-order chi connectivity index (χ0) is 14.2. The molecule has 0 spiro atoms. The van der Waals surface area contributed by atoms with Gasteiger partial charge in [-0.25, -0.2) is 0 Å². The van der Waals surface area contributed by atoms with Gasteiger partial charge in [-0.3, -0.25) is 9.59 Å². The number of para-hydroxylation sites is 1. The van der Waals surface area contributed by atoms with Crippen molar-refractivity contribution in [2.75, 3.05) is 11.4 Å². The van der Waals surface area contributed by atoms with Gasteiger partial charge in [0.1, 0.15) is 5.78 Å². The standard InChI is InChI=1S/C14H16ClNO3/c1-3-7-16-12-10(5-4-6-11(12)15)14(19,13(16)18)8-9(2)17/h4-6,19H,3,7-8H2,1-2H3. The predicted molar refractivity (Wildman–Crippen MR) is 73.3 cm³/mol. The molecule has 5 heteroatoms. The van der Waals surface area contributed by atoms with Gasteiger partial charge in [0.25, 0.3) is 5.91 Å². The van der Waals surface area contributed by atoms with Crippen molar-refractivity contribution in [3.05, 3.63) is 28.8 Å². The molecule has 4 nitrogen and oxygen atoms in total. The maximum absolute atomic E-state index is 12.4. The molecule has 102 valence electrons. The van der Waals surface area contributed by atoms with Crippen LogP contribution in [0, 0.1) is 0 Å². The maximum atomic E-state index is 12.4. The van der Waals surface area contributed by atoms with Crippen LogP contribution in [0.3, 0.4) is 0 Å². The van der Waals surface area contributed by atoms with E-state index in [1.807, 2.05) is 6.92 Å². The zero-order valence-corrected chi connectivity index (χ0v) is 11.7. The number of ketones is 1. The van der Waals surface area contributed by atoms with Crippen molar-refractivity contribution in [2.45, 2.75) is 32.3 Å². The molecular weight excluding hydrogens is 266 g/mol. The first kappa shape index (κ1) is 14.0. The number of benzene rings is 1. The quantitative estimate of drug-likeness (QED) is 0.921. The minimum Gasteiger partial charge on any atom is -0.375 e. The number of amides is 1. The molecule has 1 heterocycles. The van der Waals surface area contributed by atoms with Crippen LogP contribution in [-0.4, -0.2) is 23.3 Å². The lowest BCUT2D eigenvalue weighted by Gasteiger charge is -2.21. The number of aliphatic hydroxyl groups is 1. The van der Waals surface area contributed by atoms with E-state index in [0.29, 0.717) is 22.8 Å². The van der Waals surface area contributed by atoms with E-state index in [-0.39, 0.29) is 12.2 Å². The van der Waals surface area contributed by atoms with E-state index in [1.165, 1.54) is 11.8 Å². The molecule has 0 fully saturated rings. The highest BCUT2D eigenvalue weighted by Gasteiger charge is 2.50. The molecule has 1 aliphatic rings. The second-order valence-corrected chi connectivity index (χ2v) is 5.24. The molecule has 2 rings (SSSR count). The molecule has 1 unspecified atom stereocenters. The first-order chi connectivity index (χ1) is 8.91. The average molecular weight is 282 g/mol. The predicted octanol–water partition coefficient (Wildman–Crippen LogP) is 2.26. The number of anilines is 1. The molecule has 1 aromatic carbocycles. The second-order valence-electron chi connectivity index (χ2n) is 4.83. The topological polar surface area (TPSA) is 57.6 Å². The summed E-state index contributed by atoms with van der Waals surface area (Å²) in [5.41, 5.74) is -0.824. The lowest BCUT2D eigenvalue weighted by atomic mass is 9.90. The Morgan fingerprint density at radius 2 is 2.16 bits per heavy atom. The van der Waals surface area contributed by atoms with Crippen molar-refractivity contribution in [3.63, 3.8) is 0 Å². The molecule has 0 saturated carbocycles. The normalized spacial score (nSPS) is 21.7. The van der Waals surface area contributed by atoms with E-state index < -0.39 is 11.5 Å². The third-order valence-corrected chi connectivity index (χ3v) is 3.56. The number of carbonyl (C=O) groups excluding carboxylic acids is 2. The smallest absolute Gasteiger partial charge is 0.264 e. The van der Waals surface area contributed by atoms with E-state index in [9.17, 15) is 14.7 Å². The summed E-state index contributed by atoms with van der Waals surface area (Å²) in [7, 11) is 0. The van der Waals surface area contributed by atoms with E-state index in [2.05, 4.69) is 0 Å². The molecule has 1 atom stereocenters. The van der Waals surface area contributed by atoms with Crippen LogP contribution in [0.5, 0.6) is 0 Å². The summed E-state index contributed by atoms with van der Waals surface area (Å²) in [6, 6.07) is 5.00. The van der Waals surface area contributed by atoms with Crippen LogP contribution in [0.15, 0.2) is 18.2 Å². The number of nitrogens with zero attached hydrogens (tertiary/aromatic N) is 1. The van der Waals surface area contributed by atoms with Gasteiger partial charge in [-0.2, -0.15) is 0 Å². The Morgan fingerprint density at radius 3 is 2.74 bits per heavy atom. The van der Waals surface area contributed by atoms with E-state index in [0.717, 1.165) is 6.42 Å². The van der Waals surface area contributed by atoms with Gasteiger partial charge in [-0.1, -0.05) is 30.7 Å². The summed E-state index contributed by atoms with van der Waals surface area (Å²) < 4.78 is 0. The first-order valence-electron chi connectivity index (χ1n) is 6.24. The van der Waals surface area contributed by atoms with Crippen LogP contribution >= 0.6 is 11.6 Å². The molecule has 1 amide bonds. The Kier molecular flexibility index (Phi) is 3.65. The average Bonchev–Trinajstić information content (AvgIpc) is 2.53. The summed E-state index contributed by atoms with van der Waals surface area (Å²) >= 11 is 6.14. The van der Waals surface area contributed by atoms with Crippen LogP contribution in [0.1, 0.15) is 32.3 Å². The van der Waals surface area contributed by atoms with Gasteiger partial charge in [0.2, 0.25) is 0 Å². The van der Waals surface area contributed by atoms with Gasteiger partial charge in [0.15, 0.2) is 5.60 Å². The first-order valence-corrected chi connectivity index (χ1v) is 6.62. The van der Waals surface area contributed by atoms with Gasteiger partial charge >= 0.3 is 0 Å². The van der Waals surface area contributed by atoms with Gasteiger partial charge < -0.3 is 10.0 Å². The van der Waals surface area contributed by atoms with Gasteiger partial charge in [-0.05, 0) is 19.4 Å². The Balaban J connectivity index is 2.59. The lowest BCUT2D eigenvalue weighted by molar-refractivity contribution is -0.141. The van der Waals surface area contributed by atoms with Crippen LogP contribution in [0.25, 0.3) is 0 Å². The molecule has 1 aromatic rings. The molecule has 1 N–H and O–H groups in total. The molecule has 1 aliphatic heterocycles. The van der Waals surface area contributed by atoms with E-state index in [1.54, 1.807) is 18.2 Å². The Bertz CT molecular complexity index is 543. The molecule has 0 aliphatic carbocycles. The monoisotopic (exact) mass is 281 g/mol. The number of halogens is 1. The minimum absolute atomic E-state index is 0.223. The van der Waals surface area contributed by atoms with Crippen LogP contribution < -0.4 is 4.90 Å². The van der Waals surface area contributed by atoms with Gasteiger partial charge in [0.05, 0.1) is 10.7 Å². The number of fused-ring (bicyclic) bond motifs is 1. The fourth-order valence-electron chi connectivity index (χ4n) is 2.53. The molecular formula is C14H16ClNO3. The Labute approximate surface area is 117 Å². The van der Waals surface area contributed by atoms with Crippen molar-refractivity contribution in [3.8, 4) is 0 Å². The number of rotatable bonds is 4. The SMILES string of the molecule is CCCN1C(=O)C(O)(CC(C)=O)c2cccc(Cl)c21. The molecule has 0 radical (unpaired) electrons. The van der Waals surface area contributed by atoms with Crippen molar-refractivity contribution in [1.29, 1.82) is 0 Å². The fourth-order valence-corrected chi connectivity index (χ4v) is 2.81. The van der Waals surface area contributed by atoms with E-state index >= 15 is 0 Å².